The first-order valence-corrected chi connectivity index (χ1v) is 15.1. The predicted octanol–water partition coefficient (Wildman–Crippen LogP) is 7.84. The molecular formula is C34H46F2O5. The van der Waals surface area contributed by atoms with Gasteiger partial charge in [-0.3, -0.25) is 0 Å². The van der Waals surface area contributed by atoms with Crippen molar-refractivity contribution in [2.45, 2.75) is 96.0 Å². The van der Waals surface area contributed by atoms with Crippen LogP contribution in [0.4, 0.5) is 8.78 Å². The number of carbonyl (C=O) groups is 2. The number of ether oxygens (including phenoxy) is 2. The van der Waals surface area contributed by atoms with Gasteiger partial charge in [-0.15, -0.1) is 0 Å². The number of halogens is 2. The van der Waals surface area contributed by atoms with Gasteiger partial charge in [-0.2, -0.15) is 8.78 Å². The lowest BCUT2D eigenvalue weighted by atomic mass is 9.68. The molecule has 2 aliphatic carbocycles. The Bertz CT molecular complexity index is 1040. The standard InChI is InChI=1S/C34H46F2O5/c1-23(2)33(38)41-31(19-20-40-34(39)24(3)22-37)21-26-9-13-28(14-10-26)30-17-15-29(16-18-30)27-11-7-25(8-12-27)5-4-6-32(35)36/h6-8,11-12,26,28-31,37H,1,3-5,9-10,13-22H2,2H3. The van der Waals surface area contributed by atoms with Gasteiger partial charge in [0.2, 0.25) is 0 Å². The average molecular weight is 573 g/mol. The molecule has 2 saturated carbocycles. The lowest BCUT2D eigenvalue weighted by molar-refractivity contribution is -0.147. The molecule has 0 saturated heterocycles. The Labute approximate surface area is 243 Å². The van der Waals surface area contributed by atoms with E-state index < -0.39 is 24.6 Å². The number of benzene rings is 1. The van der Waals surface area contributed by atoms with Crippen LogP contribution in [0.2, 0.25) is 0 Å². The molecule has 0 aromatic heterocycles. The lowest BCUT2D eigenvalue weighted by Gasteiger charge is -2.38. The maximum Gasteiger partial charge on any atom is 0.335 e. The summed E-state index contributed by atoms with van der Waals surface area (Å²) in [6.07, 6.45) is 10.6. The molecule has 2 aliphatic rings. The molecule has 0 bridgehead atoms. The van der Waals surface area contributed by atoms with E-state index in [1.807, 2.05) is 0 Å². The molecule has 5 nitrogen and oxygen atoms in total. The number of carbonyl (C=O) groups excluding carboxylic acids is 2. The third-order valence-corrected chi connectivity index (χ3v) is 8.88. The van der Waals surface area contributed by atoms with Gasteiger partial charge in [0.1, 0.15) is 6.10 Å². The Balaban J connectivity index is 1.42. The molecule has 0 amide bonds. The summed E-state index contributed by atoms with van der Waals surface area (Å²) >= 11 is 0. The van der Waals surface area contributed by atoms with E-state index in [-0.39, 0.29) is 18.3 Å². The second-order valence-corrected chi connectivity index (χ2v) is 11.9. The molecule has 1 N–H and O–H groups in total. The van der Waals surface area contributed by atoms with Crippen LogP contribution in [0.1, 0.15) is 94.6 Å². The van der Waals surface area contributed by atoms with E-state index in [1.165, 1.54) is 44.1 Å². The largest absolute Gasteiger partial charge is 0.462 e. The molecule has 1 aromatic carbocycles. The van der Waals surface area contributed by atoms with Gasteiger partial charge in [0.05, 0.1) is 18.8 Å². The van der Waals surface area contributed by atoms with Crippen molar-refractivity contribution in [1.82, 2.24) is 0 Å². The Morgan fingerprint density at radius 3 is 2.15 bits per heavy atom. The van der Waals surface area contributed by atoms with E-state index in [4.69, 9.17) is 14.6 Å². The van der Waals surface area contributed by atoms with Gasteiger partial charge in [0.25, 0.3) is 6.08 Å². The second kappa shape index (κ2) is 16.6. The fourth-order valence-corrected chi connectivity index (χ4v) is 6.42. The summed E-state index contributed by atoms with van der Waals surface area (Å²) in [6.45, 7) is 8.43. The van der Waals surface area contributed by atoms with Crippen molar-refractivity contribution in [1.29, 1.82) is 0 Å². The summed E-state index contributed by atoms with van der Waals surface area (Å²) in [5.74, 6) is 1.47. The molecule has 0 spiro atoms. The molecule has 0 heterocycles. The minimum absolute atomic E-state index is 0.00367. The molecule has 3 rings (SSSR count). The average Bonchev–Trinajstić information content (AvgIpc) is 2.97. The third-order valence-electron chi connectivity index (χ3n) is 8.88. The molecule has 0 radical (unpaired) electrons. The van der Waals surface area contributed by atoms with Gasteiger partial charge in [0, 0.05) is 12.0 Å². The number of rotatable bonds is 14. The summed E-state index contributed by atoms with van der Waals surface area (Å²) in [6, 6.07) is 8.54. The monoisotopic (exact) mass is 572 g/mol. The van der Waals surface area contributed by atoms with Crippen molar-refractivity contribution in [2.75, 3.05) is 13.2 Å². The van der Waals surface area contributed by atoms with Crippen molar-refractivity contribution in [3.8, 4) is 0 Å². The number of hydrogen-bond donors (Lipinski definition) is 1. The Morgan fingerprint density at radius 2 is 1.59 bits per heavy atom. The van der Waals surface area contributed by atoms with E-state index in [2.05, 4.69) is 37.4 Å². The van der Waals surface area contributed by atoms with Gasteiger partial charge in [-0.1, -0.05) is 50.3 Å². The van der Waals surface area contributed by atoms with Crippen LogP contribution in [0, 0.1) is 17.8 Å². The van der Waals surface area contributed by atoms with Crippen LogP contribution in [-0.4, -0.2) is 36.4 Å². The SMILES string of the molecule is C=C(C)C(=O)OC(CCOC(=O)C(=C)CO)CC1CCC(C2CCC(c3ccc(CCC=C(F)F)cc3)CC2)CC1. The molecule has 41 heavy (non-hydrogen) atoms. The van der Waals surface area contributed by atoms with Gasteiger partial charge in [-0.25, -0.2) is 9.59 Å². The van der Waals surface area contributed by atoms with Crippen molar-refractivity contribution < 1.29 is 33.0 Å². The number of aliphatic hydroxyl groups excluding tert-OH is 1. The zero-order valence-corrected chi connectivity index (χ0v) is 24.4. The van der Waals surface area contributed by atoms with E-state index in [0.29, 0.717) is 36.7 Å². The molecule has 1 atom stereocenters. The predicted molar refractivity (Wildman–Crippen MR) is 156 cm³/mol. The number of allylic oxidation sites excluding steroid dienone is 1. The summed E-state index contributed by atoms with van der Waals surface area (Å²) in [7, 11) is 0. The van der Waals surface area contributed by atoms with Crippen molar-refractivity contribution in [3.05, 3.63) is 71.9 Å². The van der Waals surface area contributed by atoms with Crippen LogP contribution in [0.15, 0.2) is 60.7 Å². The van der Waals surface area contributed by atoms with Crippen molar-refractivity contribution >= 4 is 11.9 Å². The lowest BCUT2D eigenvalue weighted by Crippen LogP contribution is -2.29. The molecule has 226 valence electrons. The first-order chi connectivity index (χ1) is 19.7. The Kier molecular flexibility index (Phi) is 13.2. The van der Waals surface area contributed by atoms with Crippen LogP contribution in [-0.2, 0) is 25.5 Å². The van der Waals surface area contributed by atoms with Gasteiger partial charge in [-0.05, 0) is 106 Å². The minimum Gasteiger partial charge on any atom is -0.462 e. The molecule has 1 unspecified atom stereocenters. The molecule has 2 fully saturated rings. The summed E-state index contributed by atoms with van der Waals surface area (Å²) in [4.78, 5) is 24.0. The van der Waals surface area contributed by atoms with Gasteiger partial charge >= 0.3 is 11.9 Å². The van der Waals surface area contributed by atoms with Crippen LogP contribution < -0.4 is 0 Å². The number of hydrogen-bond acceptors (Lipinski definition) is 5. The van der Waals surface area contributed by atoms with E-state index in [0.717, 1.165) is 42.7 Å². The fraction of sp³-hybridized carbons (Fsp3) is 0.588. The molecule has 7 heteroatoms. The highest BCUT2D eigenvalue weighted by atomic mass is 19.3. The quantitative estimate of drug-likeness (QED) is 0.182. The topological polar surface area (TPSA) is 72.8 Å². The highest BCUT2D eigenvalue weighted by Crippen LogP contribution is 2.44. The van der Waals surface area contributed by atoms with E-state index in [1.54, 1.807) is 6.92 Å². The smallest absolute Gasteiger partial charge is 0.335 e. The molecule has 1 aromatic rings. The zero-order chi connectivity index (χ0) is 29.8. The van der Waals surface area contributed by atoms with Crippen LogP contribution in [0.3, 0.4) is 0 Å². The first-order valence-electron chi connectivity index (χ1n) is 15.1. The minimum atomic E-state index is -1.61. The Morgan fingerprint density at radius 1 is 0.976 bits per heavy atom. The highest BCUT2D eigenvalue weighted by Gasteiger charge is 2.32. The van der Waals surface area contributed by atoms with E-state index in [9.17, 15) is 18.4 Å². The highest BCUT2D eigenvalue weighted by molar-refractivity contribution is 5.88. The fourth-order valence-electron chi connectivity index (χ4n) is 6.42. The molecule has 0 aliphatic heterocycles. The maximum atomic E-state index is 12.3. The van der Waals surface area contributed by atoms with Gasteiger partial charge < -0.3 is 14.6 Å². The number of aryl methyl sites for hydroxylation is 1. The van der Waals surface area contributed by atoms with E-state index >= 15 is 0 Å². The number of esters is 2. The maximum absolute atomic E-state index is 12.3. The van der Waals surface area contributed by atoms with Crippen LogP contribution in [0.5, 0.6) is 0 Å². The zero-order valence-electron chi connectivity index (χ0n) is 24.4. The second-order valence-electron chi connectivity index (χ2n) is 11.9. The Hall–Kier alpha value is -2.80. The van der Waals surface area contributed by atoms with Crippen LogP contribution >= 0.6 is 0 Å². The molecular weight excluding hydrogens is 526 g/mol. The van der Waals surface area contributed by atoms with Crippen molar-refractivity contribution in [2.24, 2.45) is 17.8 Å². The normalized spacial score (nSPS) is 23.2. The van der Waals surface area contributed by atoms with Crippen molar-refractivity contribution in [3.63, 3.8) is 0 Å². The summed E-state index contributed by atoms with van der Waals surface area (Å²) < 4.78 is 35.4. The summed E-state index contributed by atoms with van der Waals surface area (Å²) in [5.41, 5.74) is 2.81. The summed E-state index contributed by atoms with van der Waals surface area (Å²) in [5, 5.41) is 9.04. The third kappa shape index (κ3) is 10.8. The van der Waals surface area contributed by atoms with Gasteiger partial charge in [0.15, 0.2) is 0 Å². The van der Waals surface area contributed by atoms with Crippen LogP contribution in [0.25, 0.3) is 0 Å². The number of aliphatic hydroxyl groups is 1. The first kappa shape index (κ1) is 32.7.